The molecular formula is C11H11NO. The van der Waals surface area contributed by atoms with E-state index in [2.05, 4.69) is 6.07 Å². The fourth-order valence-corrected chi connectivity index (χ4v) is 1.89. The number of nitrogens with zero attached hydrogens (tertiary/aromatic N) is 1. The van der Waals surface area contributed by atoms with Gasteiger partial charge in [0.15, 0.2) is 0 Å². The lowest BCUT2D eigenvalue weighted by molar-refractivity contribution is 0.0447. The third-order valence-electron chi connectivity index (χ3n) is 2.71. The summed E-state index contributed by atoms with van der Waals surface area (Å²) >= 11 is 0. The Morgan fingerprint density at radius 1 is 1.31 bits per heavy atom. The quantitative estimate of drug-likeness (QED) is 0.701. The number of aliphatic hydroxyl groups excluding tert-OH is 1. The van der Waals surface area contributed by atoms with Gasteiger partial charge < -0.3 is 5.11 Å². The summed E-state index contributed by atoms with van der Waals surface area (Å²) < 4.78 is 0. The molecule has 13 heavy (non-hydrogen) atoms. The van der Waals surface area contributed by atoms with Crippen LogP contribution in [-0.2, 0) is 5.41 Å². The van der Waals surface area contributed by atoms with Crippen molar-refractivity contribution in [1.82, 2.24) is 0 Å². The zero-order valence-corrected chi connectivity index (χ0v) is 7.27. The van der Waals surface area contributed by atoms with Crippen molar-refractivity contribution in [2.24, 2.45) is 0 Å². The molecular weight excluding hydrogens is 162 g/mol. The van der Waals surface area contributed by atoms with Gasteiger partial charge in [0.2, 0.25) is 0 Å². The Labute approximate surface area is 77.4 Å². The third kappa shape index (κ3) is 1.22. The molecule has 2 nitrogen and oxygen atoms in total. The zero-order chi connectivity index (χ0) is 9.31. The van der Waals surface area contributed by atoms with E-state index in [1.807, 2.05) is 30.3 Å². The normalized spacial score (nSPS) is 31.8. The first kappa shape index (κ1) is 8.28. The van der Waals surface area contributed by atoms with E-state index >= 15 is 0 Å². The van der Waals surface area contributed by atoms with Gasteiger partial charge in [-0.2, -0.15) is 5.26 Å². The van der Waals surface area contributed by atoms with E-state index in [4.69, 9.17) is 5.26 Å². The van der Waals surface area contributed by atoms with Gasteiger partial charge in [-0.1, -0.05) is 30.3 Å². The number of rotatable bonds is 1. The van der Waals surface area contributed by atoms with Crippen LogP contribution in [0, 0.1) is 11.3 Å². The number of aliphatic hydroxyl groups is 1. The predicted octanol–water partition coefficient (Wildman–Crippen LogP) is 1.60. The number of benzene rings is 1. The molecule has 1 aromatic carbocycles. The van der Waals surface area contributed by atoms with E-state index in [-0.39, 0.29) is 6.10 Å². The van der Waals surface area contributed by atoms with E-state index in [1.54, 1.807) is 0 Å². The van der Waals surface area contributed by atoms with E-state index in [0.29, 0.717) is 12.8 Å². The van der Waals surface area contributed by atoms with E-state index in [0.717, 1.165) is 5.56 Å². The van der Waals surface area contributed by atoms with E-state index in [9.17, 15) is 5.11 Å². The van der Waals surface area contributed by atoms with Crippen LogP contribution in [0.1, 0.15) is 18.4 Å². The van der Waals surface area contributed by atoms with Crippen LogP contribution >= 0.6 is 0 Å². The van der Waals surface area contributed by atoms with Crippen molar-refractivity contribution in [3.8, 4) is 6.07 Å². The van der Waals surface area contributed by atoms with Crippen molar-refractivity contribution in [3.63, 3.8) is 0 Å². The molecule has 1 aliphatic rings. The van der Waals surface area contributed by atoms with Gasteiger partial charge >= 0.3 is 0 Å². The van der Waals surface area contributed by atoms with Crippen LogP contribution in [0.3, 0.4) is 0 Å². The van der Waals surface area contributed by atoms with Crippen LogP contribution in [0.25, 0.3) is 0 Å². The van der Waals surface area contributed by atoms with Crippen LogP contribution in [0.2, 0.25) is 0 Å². The molecule has 2 heteroatoms. The second-order valence-electron chi connectivity index (χ2n) is 3.62. The maximum Gasteiger partial charge on any atom is 0.0871 e. The van der Waals surface area contributed by atoms with Crippen molar-refractivity contribution < 1.29 is 5.11 Å². The summed E-state index contributed by atoms with van der Waals surface area (Å²) in [6, 6.07) is 12.0. The van der Waals surface area contributed by atoms with Crippen LogP contribution in [0.5, 0.6) is 0 Å². The third-order valence-corrected chi connectivity index (χ3v) is 2.71. The first-order chi connectivity index (χ1) is 6.27. The molecule has 1 aromatic rings. The van der Waals surface area contributed by atoms with Crippen molar-refractivity contribution in [3.05, 3.63) is 35.9 Å². The monoisotopic (exact) mass is 173 g/mol. The highest BCUT2D eigenvalue weighted by atomic mass is 16.3. The molecule has 0 heterocycles. The largest absolute Gasteiger partial charge is 0.393 e. The molecule has 0 aromatic heterocycles. The lowest BCUT2D eigenvalue weighted by Crippen LogP contribution is -2.43. The summed E-state index contributed by atoms with van der Waals surface area (Å²) in [7, 11) is 0. The summed E-state index contributed by atoms with van der Waals surface area (Å²) in [5.74, 6) is 0. The molecule has 0 radical (unpaired) electrons. The molecule has 0 saturated heterocycles. The highest BCUT2D eigenvalue weighted by Crippen LogP contribution is 2.43. The Bertz CT molecular complexity index is 333. The molecule has 0 atom stereocenters. The Balaban J connectivity index is 2.31. The minimum atomic E-state index is -0.416. The van der Waals surface area contributed by atoms with Gasteiger partial charge in [0.05, 0.1) is 17.6 Å². The van der Waals surface area contributed by atoms with Crippen LogP contribution in [0.4, 0.5) is 0 Å². The number of hydrogen-bond donors (Lipinski definition) is 1. The molecule has 1 saturated carbocycles. The Morgan fingerprint density at radius 3 is 2.38 bits per heavy atom. The second-order valence-corrected chi connectivity index (χ2v) is 3.62. The molecule has 1 fully saturated rings. The molecule has 66 valence electrons. The predicted molar refractivity (Wildman–Crippen MR) is 49.0 cm³/mol. The Kier molecular flexibility index (Phi) is 1.82. The highest BCUT2D eigenvalue weighted by molar-refractivity contribution is 5.36. The summed E-state index contributed by atoms with van der Waals surface area (Å²) in [5, 5.41) is 18.3. The fourth-order valence-electron chi connectivity index (χ4n) is 1.89. The lowest BCUT2D eigenvalue weighted by atomic mass is 9.64. The maximum absolute atomic E-state index is 9.22. The van der Waals surface area contributed by atoms with Gasteiger partial charge in [-0.25, -0.2) is 0 Å². The van der Waals surface area contributed by atoms with Crippen LogP contribution in [-0.4, -0.2) is 11.2 Å². The molecule has 0 aliphatic heterocycles. The average molecular weight is 173 g/mol. The van der Waals surface area contributed by atoms with Crippen molar-refractivity contribution in [2.45, 2.75) is 24.4 Å². The van der Waals surface area contributed by atoms with E-state index in [1.165, 1.54) is 0 Å². The summed E-state index contributed by atoms with van der Waals surface area (Å²) in [5.41, 5.74) is 0.614. The van der Waals surface area contributed by atoms with Gasteiger partial charge in [0, 0.05) is 0 Å². The van der Waals surface area contributed by atoms with Gasteiger partial charge in [-0.05, 0) is 18.4 Å². The van der Waals surface area contributed by atoms with Crippen LogP contribution in [0.15, 0.2) is 30.3 Å². The van der Waals surface area contributed by atoms with Gasteiger partial charge in [-0.3, -0.25) is 0 Å². The first-order valence-electron chi connectivity index (χ1n) is 4.42. The average Bonchev–Trinajstić information content (AvgIpc) is 2.14. The first-order valence-corrected chi connectivity index (χ1v) is 4.42. The van der Waals surface area contributed by atoms with E-state index < -0.39 is 5.41 Å². The van der Waals surface area contributed by atoms with Gasteiger partial charge in [0.25, 0.3) is 0 Å². The maximum atomic E-state index is 9.22. The molecule has 2 rings (SSSR count). The van der Waals surface area contributed by atoms with Crippen LogP contribution < -0.4 is 0 Å². The minimum Gasteiger partial charge on any atom is -0.393 e. The summed E-state index contributed by atoms with van der Waals surface area (Å²) in [6.45, 7) is 0. The SMILES string of the molecule is N#CC1(c2ccccc2)CC(O)C1. The topological polar surface area (TPSA) is 44.0 Å². The molecule has 1 aliphatic carbocycles. The van der Waals surface area contributed by atoms with Gasteiger partial charge in [0.1, 0.15) is 0 Å². The zero-order valence-electron chi connectivity index (χ0n) is 7.27. The highest BCUT2D eigenvalue weighted by Gasteiger charge is 2.45. The number of hydrogen-bond acceptors (Lipinski definition) is 2. The summed E-state index contributed by atoms with van der Waals surface area (Å²) in [4.78, 5) is 0. The molecule has 0 spiro atoms. The summed E-state index contributed by atoms with van der Waals surface area (Å²) in [6.07, 6.45) is 0.862. The molecule has 0 bridgehead atoms. The molecule has 0 unspecified atom stereocenters. The Morgan fingerprint density at radius 2 is 1.92 bits per heavy atom. The smallest absolute Gasteiger partial charge is 0.0871 e. The number of nitriles is 1. The standard InChI is InChI=1S/C11H11NO/c12-8-11(6-10(13)7-11)9-4-2-1-3-5-9/h1-5,10,13H,6-7H2. The fraction of sp³-hybridized carbons (Fsp3) is 0.364. The Hall–Kier alpha value is -1.33. The van der Waals surface area contributed by atoms with Crippen molar-refractivity contribution in [1.29, 1.82) is 5.26 Å². The molecule has 0 amide bonds. The van der Waals surface area contributed by atoms with Crippen molar-refractivity contribution >= 4 is 0 Å². The van der Waals surface area contributed by atoms with Crippen molar-refractivity contribution in [2.75, 3.05) is 0 Å². The second kappa shape index (κ2) is 2.86. The van der Waals surface area contributed by atoms with Gasteiger partial charge in [-0.15, -0.1) is 0 Å². The molecule has 1 N–H and O–H groups in total. The minimum absolute atomic E-state index is 0.292. The lowest BCUT2D eigenvalue weighted by Gasteiger charge is -2.39.